The third-order valence-corrected chi connectivity index (χ3v) is 8.93. The van der Waals surface area contributed by atoms with E-state index in [1.807, 2.05) is 26.1 Å². The number of nitrogens with one attached hydrogen (secondary N) is 1. The zero-order valence-corrected chi connectivity index (χ0v) is 22.9. The molecule has 3 atom stereocenters. The number of nitrogens with zero attached hydrogens (tertiary/aromatic N) is 4. The molecular formula is C28H34N6O3S. The second kappa shape index (κ2) is 10.7. The van der Waals surface area contributed by atoms with Crippen molar-refractivity contribution in [2.45, 2.75) is 57.9 Å². The highest BCUT2D eigenvalue weighted by atomic mass is 32.1. The van der Waals surface area contributed by atoms with E-state index < -0.39 is 11.8 Å². The van der Waals surface area contributed by atoms with Gasteiger partial charge in [-0.3, -0.25) is 14.4 Å². The number of aromatic nitrogens is 2. The summed E-state index contributed by atoms with van der Waals surface area (Å²) in [6.45, 7) is 5.31. The van der Waals surface area contributed by atoms with Gasteiger partial charge >= 0.3 is 11.8 Å². The van der Waals surface area contributed by atoms with Crippen molar-refractivity contribution in [3.63, 3.8) is 0 Å². The molecule has 0 saturated carbocycles. The van der Waals surface area contributed by atoms with Gasteiger partial charge in [-0.15, -0.1) is 11.3 Å². The Hall–Kier alpha value is -3.53. The highest BCUT2D eigenvalue weighted by molar-refractivity contribution is 7.18. The third kappa shape index (κ3) is 5.22. The first-order valence-electron chi connectivity index (χ1n) is 13.2. The predicted octanol–water partition coefficient (Wildman–Crippen LogP) is 4.11. The van der Waals surface area contributed by atoms with E-state index in [4.69, 9.17) is 10.7 Å². The average Bonchev–Trinajstić information content (AvgIpc) is 3.34. The molecule has 10 heteroatoms. The maximum absolute atomic E-state index is 13.4. The van der Waals surface area contributed by atoms with Crippen molar-refractivity contribution in [2.75, 3.05) is 31.2 Å². The number of carbonyl (C=O) groups is 3. The van der Waals surface area contributed by atoms with E-state index in [0.717, 1.165) is 52.2 Å². The number of fused-ring (bicyclic) bond motifs is 1. The number of carbonyl (C=O) groups excluding carboxylic acids is 3. The van der Waals surface area contributed by atoms with Crippen molar-refractivity contribution in [1.82, 2.24) is 19.8 Å². The van der Waals surface area contributed by atoms with E-state index >= 15 is 0 Å². The smallest absolute Gasteiger partial charge is 0.313 e. The van der Waals surface area contributed by atoms with Gasteiger partial charge in [-0.05, 0) is 60.9 Å². The summed E-state index contributed by atoms with van der Waals surface area (Å²) in [4.78, 5) is 51.1. The third-order valence-electron chi connectivity index (χ3n) is 7.73. The first-order valence-corrected chi connectivity index (χ1v) is 14.1. The Morgan fingerprint density at radius 3 is 2.79 bits per heavy atom. The number of thiazole rings is 1. The van der Waals surface area contributed by atoms with Crippen LogP contribution in [0, 0.1) is 5.92 Å². The number of hydrogen-bond acceptors (Lipinski definition) is 7. The molecule has 5 rings (SSSR count). The summed E-state index contributed by atoms with van der Waals surface area (Å²) in [5, 5.41) is 3.71. The molecule has 3 aromatic rings. The Labute approximate surface area is 226 Å². The Bertz CT molecular complexity index is 1390. The number of rotatable bonds is 4. The van der Waals surface area contributed by atoms with Gasteiger partial charge in [0.2, 0.25) is 5.91 Å². The molecule has 0 spiro atoms. The topological polar surface area (TPSA) is 122 Å². The zero-order valence-electron chi connectivity index (χ0n) is 22.1. The maximum Gasteiger partial charge on any atom is 0.313 e. The molecule has 3 N–H and O–H groups in total. The minimum absolute atomic E-state index is 0.146. The van der Waals surface area contributed by atoms with Crippen molar-refractivity contribution in [3.05, 3.63) is 46.6 Å². The molecule has 38 heavy (non-hydrogen) atoms. The van der Waals surface area contributed by atoms with Crippen molar-refractivity contribution < 1.29 is 14.4 Å². The van der Waals surface area contributed by atoms with Crippen molar-refractivity contribution in [2.24, 2.45) is 5.92 Å². The van der Waals surface area contributed by atoms with E-state index in [1.54, 1.807) is 27.2 Å². The van der Waals surface area contributed by atoms with Crippen molar-refractivity contribution in [3.8, 4) is 0 Å². The fraction of sp³-hybridized carbons (Fsp3) is 0.464. The lowest BCUT2D eigenvalue weighted by molar-refractivity contribution is -0.146. The van der Waals surface area contributed by atoms with Gasteiger partial charge in [0, 0.05) is 32.5 Å². The second-order valence-electron chi connectivity index (χ2n) is 10.5. The van der Waals surface area contributed by atoms with Gasteiger partial charge < -0.3 is 20.9 Å². The fourth-order valence-corrected chi connectivity index (χ4v) is 6.49. The largest absolute Gasteiger partial charge is 0.383 e. The van der Waals surface area contributed by atoms with Gasteiger partial charge in [0.05, 0.1) is 33.2 Å². The van der Waals surface area contributed by atoms with E-state index in [-0.39, 0.29) is 17.9 Å². The molecule has 0 unspecified atom stereocenters. The van der Waals surface area contributed by atoms with Gasteiger partial charge in [0.25, 0.3) is 0 Å². The lowest BCUT2D eigenvalue weighted by atomic mass is 9.89. The number of nitrogens with two attached hydrogens (primary N) is 1. The standard InChI is InChI=1S/C28H34N6O3S/c1-4-17-11-20(14-30-25(17)29)31-26(36)28(37)34-15-16(2)5-7-22(34)18-6-8-23-21(12-18)32-27(38-23)19-9-10-33(3)24(35)13-19/h6,8,11-12,14,16,19,22H,4-5,7,9-10,13,15H2,1-3H3,(H2,29,30)(H,31,36)/t16-,19+,22+/m0/s1. The van der Waals surface area contributed by atoms with Crippen molar-refractivity contribution in [1.29, 1.82) is 0 Å². The number of nitrogen functional groups attached to an aromatic ring is 1. The van der Waals surface area contributed by atoms with Gasteiger partial charge in [0.15, 0.2) is 0 Å². The second-order valence-corrected chi connectivity index (χ2v) is 11.6. The number of aryl methyl sites for hydroxylation is 1. The molecule has 2 aromatic heterocycles. The molecule has 2 fully saturated rings. The van der Waals surface area contributed by atoms with Crippen LogP contribution in [0.15, 0.2) is 30.5 Å². The van der Waals surface area contributed by atoms with E-state index in [2.05, 4.69) is 23.3 Å². The van der Waals surface area contributed by atoms with Crippen LogP contribution in [0.5, 0.6) is 0 Å². The molecule has 4 heterocycles. The highest BCUT2D eigenvalue weighted by Crippen LogP contribution is 2.38. The average molecular weight is 535 g/mol. The molecule has 0 radical (unpaired) electrons. The summed E-state index contributed by atoms with van der Waals surface area (Å²) in [7, 11) is 1.84. The molecular weight excluding hydrogens is 500 g/mol. The lowest BCUT2D eigenvalue weighted by Crippen LogP contribution is -2.46. The Kier molecular flexibility index (Phi) is 7.34. The number of likely N-dealkylation sites (tertiary alicyclic amines) is 2. The highest BCUT2D eigenvalue weighted by Gasteiger charge is 2.35. The minimum atomic E-state index is -0.679. The molecule has 2 aliphatic rings. The summed E-state index contributed by atoms with van der Waals surface area (Å²) >= 11 is 1.64. The first-order chi connectivity index (χ1) is 18.2. The first kappa shape index (κ1) is 26.1. The van der Waals surface area contributed by atoms with Crippen molar-refractivity contribution >= 4 is 50.8 Å². The predicted molar refractivity (Wildman–Crippen MR) is 149 cm³/mol. The fourth-order valence-electron chi connectivity index (χ4n) is 5.41. The number of amides is 3. The molecule has 2 aliphatic heterocycles. The van der Waals surface area contributed by atoms with Crippen LogP contribution in [0.1, 0.15) is 67.6 Å². The maximum atomic E-state index is 13.4. The van der Waals surface area contributed by atoms with Crippen LogP contribution in [0.3, 0.4) is 0 Å². The molecule has 1 aromatic carbocycles. The monoisotopic (exact) mass is 534 g/mol. The number of hydrogen-bond donors (Lipinski definition) is 2. The van der Waals surface area contributed by atoms with Gasteiger partial charge in [-0.25, -0.2) is 9.97 Å². The molecule has 200 valence electrons. The summed E-state index contributed by atoms with van der Waals surface area (Å²) < 4.78 is 1.07. The van der Waals surface area contributed by atoms with E-state index in [9.17, 15) is 14.4 Å². The minimum Gasteiger partial charge on any atom is -0.383 e. The Morgan fingerprint density at radius 2 is 2.03 bits per heavy atom. The van der Waals surface area contributed by atoms with Crippen LogP contribution in [0.2, 0.25) is 0 Å². The van der Waals surface area contributed by atoms with Crippen LogP contribution in [-0.2, 0) is 20.8 Å². The lowest BCUT2D eigenvalue weighted by Gasteiger charge is -2.38. The van der Waals surface area contributed by atoms with Crippen LogP contribution in [0.4, 0.5) is 11.5 Å². The summed E-state index contributed by atoms with van der Waals surface area (Å²) in [6.07, 6.45) is 5.30. The normalized spacial score (nSPS) is 22.1. The molecule has 2 saturated heterocycles. The molecule has 0 aliphatic carbocycles. The molecule has 3 amide bonds. The number of benzene rings is 1. The van der Waals surface area contributed by atoms with Crippen LogP contribution in [-0.4, -0.2) is 57.6 Å². The summed E-state index contributed by atoms with van der Waals surface area (Å²) in [6, 6.07) is 7.69. The van der Waals surface area contributed by atoms with Crippen LogP contribution < -0.4 is 11.1 Å². The quantitative estimate of drug-likeness (QED) is 0.486. The molecule has 9 nitrogen and oxygen atoms in total. The SMILES string of the molecule is CCc1cc(NC(=O)C(=O)N2C[C@@H](C)CC[C@@H]2c2ccc3sc([C@@H]4CCN(C)C(=O)C4)nc3c2)cnc1N. The van der Waals surface area contributed by atoms with Gasteiger partial charge in [-0.2, -0.15) is 0 Å². The summed E-state index contributed by atoms with van der Waals surface area (Å²) in [5.41, 5.74) is 9.01. The zero-order chi connectivity index (χ0) is 27.0. The van der Waals surface area contributed by atoms with Gasteiger partial charge in [-0.1, -0.05) is 19.9 Å². The summed E-state index contributed by atoms with van der Waals surface area (Å²) in [5.74, 6) is -0.213. The number of anilines is 2. The van der Waals surface area contributed by atoms with Crippen LogP contribution >= 0.6 is 11.3 Å². The Morgan fingerprint density at radius 1 is 1.21 bits per heavy atom. The van der Waals surface area contributed by atoms with E-state index in [0.29, 0.717) is 36.8 Å². The number of piperidine rings is 2. The van der Waals surface area contributed by atoms with Gasteiger partial charge in [0.1, 0.15) is 5.82 Å². The van der Waals surface area contributed by atoms with Crippen LogP contribution in [0.25, 0.3) is 10.2 Å². The molecule has 0 bridgehead atoms. The van der Waals surface area contributed by atoms with E-state index in [1.165, 1.54) is 6.20 Å². The Balaban J connectivity index is 1.36. The number of pyridine rings is 1.